The average molecular weight is 339 g/mol. The lowest BCUT2D eigenvalue weighted by atomic mass is 9.90. The highest BCUT2D eigenvalue weighted by Crippen LogP contribution is 2.36. The van der Waals surface area contributed by atoms with Crippen LogP contribution in [0.1, 0.15) is 25.3 Å². The molecule has 0 unspecified atom stereocenters. The van der Waals surface area contributed by atoms with E-state index in [9.17, 15) is 9.90 Å². The number of hydrogen-bond donors (Lipinski definition) is 1. The molecule has 1 N–H and O–H groups in total. The van der Waals surface area contributed by atoms with Gasteiger partial charge in [-0.05, 0) is 50.3 Å². The number of piperidine rings is 1. The minimum Gasteiger partial charge on any atom is -0.493 e. The van der Waals surface area contributed by atoms with Gasteiger partial charge in [0.15, 0.2) is 11.5 Å². The molecule has 1 aliphatic heterocycles. The van der Waals surface area contributed by atoms with E-state index in [1.165, 1.54) is 0 Å². The summed E-state index contributed by atoms with van der Waals surface area (Å²) >= 11 is 1.66. The van der Waals surface area contributed by atoms with Crippen molar-refractivity contribution in [3.8, 4) is 11.5 Å². The van der Waals surface area contributed by atoms with Crippen molar-refractivity contribution in [2.45, 2.75) is 37.2 Å². The van der Waals surface area contributed by atoms with Gasteiger partial charge in [-0.2, -0.15) is 0 Å². The van der Waals surface area contributed by atoms with E-state index in [1.54, 1.807) is 26.0 Å². The average Bonchev–Trinajstić information content (AvgIpc) is 2.55. The maximum Gasteiger partial charge on any atom is 0.308 e. The number of aliphatic carboxylic acids is 1. The predicted octanol–water partition coefficient (Wildman–Crippen LogP) is 3.11. The highest BCUT2D eigenvalue weighted by molar-refractivity contribution is 7.98. The van der Waals surface area contributed by atoms with Gasteiger partial charge in [-0.3, -0.25) is 9.69 Å². The molecule has 0 saturated carbocycles. The molecule has 1 aliphatic rings. The van der Waals surface area contributed by atoms with Gasteiger partial charge in [0.25, 0.3) is 0 Å². The van der Waals surface area contributed by atoms with Crippen molar-refractivity contribution in [2.24, 2.45) is 5.92 Å². The van der Waals surface area contributed by atoms with Crippen LogP contribution in [0.15, 0.2) is 17.0 Å². The smallest absolute Gasteiger partial charge is 0.308 e. The Morgan fingerprint density at radius 3 is 2.57 bits per heavy atom. The second-order valence-electron chi connectivity index (χ2n) is 5.82. The van der Waals surface area contributed by atoms with Crippen LogP contribution in [0.3, 0.4) is 0 Å². The molecule has 23 heavy (non-hydrogen) atoms. The van der Waals surface area contributed by atoms with E-state index < -0.39 is 5.97 Å². The lowest BCUT2D eigenvalue weighted by Gasteiger charge is -2.37. The zero-order chi connectivity index (χ0) is 17.0. The Kier molecular flexibility index (Phi) is 6.18. The fraction of sp³-hybridized carbons (Fsp3) is 0.588. The Hall–Kier alpha value is -1.40. The van der Waals surface area contributed by atoms with Gasteiger partial charge in [0.05, 0.1) is 20.1 Å². The molecule has 1 saturated heterocycles. The van der Waals surface area contributed by atoms with Crippen molar-refractivity contribution in [3.05, 3.63) is 17.7 Å². The number of benzene rings is 1. The molecule has 0 aromatic heterocycles. The summed E-state index contributed by atoms with van der Waals surface area (Å²) in [5.74, 6) is 0.441. The monoisotopic (exact) mass is 339 g/mol. The lowest BCUT2D eigenvalue weighted by molar-refractivity contribution is -0.145. The maximum atomic E-state index is 11.4. The van der Waals surface area contributed by atoms with E-state index in [1.807, 2.05) is 25.3 Å². The van der Waals surface area contributed by atoms with E-state index in [0.29, 0.717) is 5.75 Å². The van der Waals surface area contributed by atoms with Crippen molar-refractivity contribution in [2.75, 3.05) is 27.0 Å². The zero-order valence-corrected chi connectivity index (χ0v) is 15.0. The normalized spacial score (nSPS) is 21.9. The van der Waals surface area contributed by atoms with Crippen LogP contribution in [0.5, 0.6) is 11.5 Å². The lowest BCUT2D eigenvalue weighted by Crippen LogP contribution is -2.45. The van der Waals surface area contributed by atoms with E-state index in [4.69, 9.17) is 9.47 Å². The summed E-state index contributed by atoms with van der Waals surface area (Å²) in [5, 5.41) is 9.38. The summed E-state index contributed by atoms with van der Waals surface area (Å²) in [6.07, 6.45) is 3.71. The fourth-order valence-corrected chi connectivity index (χ4v) is 3.81. The van der Waals surface area contributed by atoms with Crippen LogP contribution in [-0.2, 0) is 11.3 Å². The van der Waals surface area contributed by atoms with Gasteiger partial charge in [-0.25, -0.2) is 0 Å². The van der Waals surface area contributed by atoms with E-state index in [-0.39, 0.29) is 12.0 Å². The fourth-order valence-electron chi connectivity index (χ4n) is 3.20. The Balaban J connectivity index is 2.26. The van der Waals surface area contributed by atoms with Crippen LogP contribution in [0.2, 0.25) is 0 Å². The van der Waals surface area contributed by atoms with Crippen LogP contribution in [0.25, 0.3) is 0 Å². The number of nitrogens with zero attached hydrogens (tertiary/aromatic N) is 1. The first-order valence-corrected chi connectivity index (χ1v) is 9.00. The molecule has 0 spiro atoms. The minimum atomic E-state index is -0.695. The van der Waals surface area contributed by atoms with Crippen molar-refractivity contribution >= 4 is 17.7 Å². The summed E-state index contributed by atoms with van der Waals surface area (Å²) in [6.45, 7) is 3.66. The molecule has 1 heterocycles. The largest absolute Gasteiger partial charge is 0.493 e. The van der Waals surface area contributed by atoms with Crippen molar-refractivity contribution < 1.29 is 19.4 Å². The number of hydrogen-bond acceptors (Lipinski definition) is 5. The van der Waals surface area contributed by atoms with Gasteiger partial charge in [0, 0.05) is 17.5 Å². The van der Waals surface area contributed by atoms with Crippen molar-refractivity contribution in [3.63, 3.8) is 0 Å². The molecular weight excluding hydrogens is 314 g/mol. The molecule has 1 aromatic carbocycles. The number of likely N-dealkylation sites (tertiary alicyclic amines) is 1. The number of rotatable bonds is 6. The van der Waals surface area contributed by atoms with Crippen LogP contribution in [0, 0.1) is 5.92 Å². The summed E-state index contributed by atoms with van der Waals surface area (Å²) in [7, 11) is 3.26. The first kappa shape index (κ1) is 17.9. The third-order valence-corrected chi connectivity index (χ3v) is 5.42. The third kappa shape index (κ3) is 3.93. The molecule has 6 heteroatoms. The standard InChI is InChI=1S/C17H25NO4S/c1-11-13(17(19)20)6-5-7-18(11)10-12-8-14(21-2)15(22-3)9-16(12)23-4/h8-9,11,13H,5-7,10H2,1-4H3,(H,19,20)/t11-,13-/m0/s1. The second-order valence-corrected chi connectivity index (χ2v) is 6.67. The third-order valence-electron chi connectivity index (χ3n) is 4.60. The zero-order valence-electron chi connectivity index (χ0n) is 14.2. The van der Waals surface area contributed by atoms with Crippen LogP contribution in [0.4, 0.5) is 0 Å². The Morgan fingerprint density at radius 1 is 1.35 bits per heavy atom. The van der Waals surface area contributed by atoms with E-state index in [0.717, 1.165) is 42.1 Å². The summed E-state index contributed by atoms with van der Waals surface area (Å²) < 4.78 is 10.8. The van der Waals surface area contributed by atoms with Crippen molar-refractivity contribution in [1.82, 2.24) is 4.90 Å². The molecule has 5 nitrogen and oxygen atoms in total. The number of carbonyl (C=O) groups is 1. The molecule has 0 amide bonds. The van der Waals surface area contributed by atoms with Gasteiger partial charge in [-0.15, -0.1) is 11.8 Å². The van der Waals surface area contributed by atoms with Crippen LogP contribution in [-0.4, -0.2) is 49.0 Å². The molecule has 0 radical (unpaired) electrons. The first-order valence-electron chi connectivity index (χ1n) is 7.77. The van der Waals surface area contributed by atoms with Gasteiger partial charge in [-0.1, -0.05) is 0 Å². The molecule has 2 atom stereocenters. The Bertz CT molecular complexity index is 564. The van der Waals surface area contributed by atoms with Gasteiger partial charge >= 0.3 is 5.97 Å². The minimum absolute atomic E-state index is 0.0315. The van der Waals surface area contributed by atoms with Gasteiger partial charge < -0.3 is 14.6 Å². The molecule has 1 fully saturated rings. The summed E-state index contributed by atoms with van der Waals surface area (Å²) in [5.41, 5.74) is 1.15. The SMILES string of the molecule is COc1cc(CN2CCC[C@H](C(=O)O)[C@@H]2C)c(SC)cc1OC. The molecular formula is C17H25NO4S. The molecule has 128 valence electrons. The summed E-state index contributed by atoms with van der Waals surface area (Å²) in [6, 6.07) is 4.02. The van der Waals surface area contributed by atoms with Gasteiger partial charge in [0.1, 0.15) is 0 Å². The first-order chi connectivity index (χ1) is 11.0. The number of thioether (sulfide) groups is 1. The topological polar surface area (TPSA) is 59.0 Å². The van der Waals surface area contributed by atoms with Crippen LogP contribution >= 0.6 is 11.8 Å². The number of ether oxygens (including phenoxy) is 2. The van der Waals surface area contributed by atoms with Crippen molar-refractivity contribution in [1.29, 1.82) is 0 Å². The number of carboxylic acid groups (broad SMARTS) is 1. The van der Waals surface area contributed by atoms with Gasteiger partial charge in [0.2, 0.25) is 0 Å². The predicted molar refractivity (Wildman–Crippen MR) is 91.6 cm³/mol. The molecule has 2 rings (SSSR count). The number of carboxylic acids is 1. The van der Waals surface area contributed by atoms with Crippen LogP contribution < -0.4 is 9.47 Å². The Labute approximate surface area is 142 Å². The molecule has 0 bridgehead atoms. The summed E-state index contributed by atoms with van der Waals surface area (Å²) in [4.78, 5) is 14.8. The quantitative estimate of drug-likeness (QED) is 0.804. The molecule has 1 aromatic rings. The molecule has 0 aliphatic carbocycles. The number of methoxy groups -OCH3 is 2. The Morgan fingerprint density at radius 2 is 2.00 bits per heavy atom. The van der Waals surface area contributed by atoms with E-state index >= 15 is 0 Å². The van der Waals surface area contributed by atoms with E-state index in [2.05, 4.69) is 4.90 Å². The highest BCUT2D eigenvalue weighted by atomic mass is 32.2. The second kappa shape index (κ2) is 7.93. The highest BCUT2D eigenvalue weighted by Gasteiger charge is 2.33. The maximum absolute atomic E-state index is 11.4.